The van der Waals surface area contributed by atoms with Crippen molar-refractivity contribution in [3.05, 3.63) is 41.8 Å². The largest absolute Gasteiger partial charge is 0.444 e. The molecule has 0 aliphatic carbocycles. The highest BCUT2D eigenvalue weighted by molar-refractivity contribution is 5.81. The molecule has 1 atom stereocenters. The summed E-state index contributed by atoms with van der Waals surface area (Å²) in [5.74, 6) is 0.672. The second-order valence-electron chi connectivity index (χ2n) is 5.94. The molecule has 0 saturated carbocycles. The van der Waals surface area contributed by atoms with Crippen LogP contribution in [0.2, 0.25) is 0 Å². The summed E-state index contributed by atoms with van der Waals surface area (Å²) in [4.78, 5) is 18.5. The van der Waals surface area contributed by atoms with Crippen LogP contribution in [0.3, 0.4) is 0 Å². The minimum atomic E-state index is -0.0876. The van der Waals surface area contributed by atoms with E-state index in [2.05, 4.69) is 10.3 Å². The average molecular weight is 315 g/mol. The predicted octanol–water partition coefficient (Wildman–Crippen LogP) is 2.65. The van der Waals surface area contributed by atoms with Gasteiger partial charge >= 0.3 is 0 Å². The van der Waals surface area contributed by atoms with Crippen LogP contribution >= 0.6 is 0 Å². The normalized spacial score (nSPS) is 12.4. The lowest BCUT2D eigenvalue weighted by Crippen LogP contribution is -2.43. The molecule has 2 aromatic rings. The summed E-state index contributed by atoms with van der Waals surface area (Å²) in [5.41, 5.74) is 3.01. The summed E-state index contributed by atoms with van der Waals surface area (Å²) in [7, 11) is 3.83. The van der Waals surface area contributed by atoms with E-state index < -0.39 is 0 Å². The van der Waals surface area contributed by atoms with Crippen molar-refractivity contribution in [2.75, 3.05) is 20.6 Å². The number of rotatable bonds is 7. The first-order valence-electron chi connectivity index (χ1n) is 7.96. The summed E-state index contributed by atoms with van der Waals surface area (Å²) in [6.45, 7) is 4.61. The highest BCUT2D eigenvalue weighted by atomic mass is 16.3. The van der Waals surface area contributed by atoms with Gasteiger partial charge in [0, 0.05) is 18.5 Å². The van der Waals surface area contributed by atoms with Gasteiger partial charge in [0.05, 0.1) is 11.7 Å². The molecule has 5 heteroatoms. The lowest BCUT2D eigenvalue weighted by Gasteiger charge is -2.21. The molecule has 0 aliphatic rings. The number of aryl methyl sites for hydroxylation is 1. The number of aromatic nitrogens is 1. The van der Waals surface area contributed by atoms with Crippen molar-refractivity contribution >= 4 is 5.91 Å². The number of carbonyl (C=O) groups is 1. The molecule has 0 fully saturated rings. The Morgan fingerprint density at radius 1 is 1.30 bits per heavy atom. The number of hydrogen-bond acceptors (Lipinski definition) is 4. The summed E-state index contributed by atoms with van der Waals surface area (Å²) in [6, 6.07) is 7.97. The van der Waals surface area contributed by atoms with Crippen molar-refractivity contribution in [3.63, 3.8) is 0 Å². The molecule has 2 rings (SSSR count). The van der Waals surface area contributed by atoms with E-state index in [1.54, 1.807) is 6.26 Å². The van der Waals surface area contributed by atoms with Crippen molar-refractivity contribution in [2.45, 2.75) is 32.7 Å². The Hall–Kier alpha value is -2.14. The summed E-state index contributed by atoms with van der Waals surface area (Å²) < 4.78 is 5.52. The van der Waals surface area contributed by atoms with Crippen LogP contribution in [0.4, 0.5) is 0 Å². The fourth-order valence-corrected chi connectivity index (χ4v) is 2.47. The molecular weight excluding hydrogens is 290 g/mol. The van der Waals surface area contributed by atoms with Gasteiger partial charge in [-0.1, -0.05) is 24.6 Å². The van der Waals surface area contributed by atoms with Crippen LogP contribution in [0.25, 0.3) is 11.5 Å². The molecule has 0 bridgehead atoms. The van der Waals surface area contributed by atoms with Crippen LogP contribution in [-0.4, -0.2) is 42.5 Å². The second-order valence-corrected chi connectivity index (χ2v) is 5.94. The lowest BCUT2D eigenvalue weighted by molar-refractivity contribution is -0.125. The van der Waals surface area contributed by atoms with E-state index >= 15 is 0 Å². The van der Waals surface area contributed by atoms with E-state index in [-0.39, 0.29) is 11.9 Å². The Morgan fingerprint density at radius 3 is 2.61 bits per heavy atom. The van der Waals surface area contributed by atoms with Gasteiger partial charge in [0.2, 0.25) is 11.8 Å². The molecule has 1 amide bonds. The third-order valence-electron chi connectivity index (χ3n) is 3.84. The topological polar surface area (TPSA) is 58.4 Å². The molecule has 1 N–H and O–H groups in total. The Bertz CT molecular complexity index is 632. The molecule has 1 aromatic carbocycles. The van der Waals surface area contributed by atoms with Crippen molar-refractivity contribution in [1.82, 2.24) is 15.2 Å². The van der Waals surface area contributed by atoms with Gasteiger partial charge in [0.15, 0.2) is 0 Å². The van der Waals surface area contributed by atoms with E-state index in [1.165, 1.54) is 5.56 Å². The van der Waals surface area contributed by atoms with Crippen LogP contribution in [0.15, 0.2) is 34.9 Å². The number of hydrogen-bond donors (Lipinski definition) is 1. The van der Waals surface area contributed by atoms with E-state index in [1.807, 2.05) is 57.1 Å². The zero-order valence-corrected chi connectivity index (χ0v) is 14.3. The van der Waals surface area contributed by atoms with Gasteiger partial charge in [0.1, 0.15) is 6.26 Å². The molecule has 0 aliphatic heterocycles. The molecule has 0 unspecified atom stereocenters. The first kappa shape index (κ1) is 17.2. The lowest BCUT2D eigenvalue weighted by atomic mass is 10.1. The molecular formula is C18H25N3O2. The first-order chi connectivity index (χ1) is 11.0. The highest BCUT2D eigenvalue weighted by Gasteiger charge is 2.17. The maximum Gasteiger partial charge on any atom is 0.237 e. The van der Waals surface area contributed by atoms with Gasteiger partial charge < -0.3 is 9.73 Å². The Morgan fingerprint density at radius 2 is 2.00 bits per heavy atom. The number of carbonyl (C=O) groups excluding carboxylic acids is 1. The third kappa shape index (κ3) is 4.66. The highest BCUT2D eigenvalue weighted by Crippen LogP contribution is 2.19. The van der Waals surface area contributed by atoms with Crippen molar-refractivity contribution < 1.29 is 9.21 Å². The maximum absolute atomic E-state index is 12.1. The van der Waals surface area contributed by atoms with E-state index in [9.17, 15) is 4.79 Å². The van der Waals surface area contributed by atoms with E-state index in [0.717, 1.165) is 17.7 Å². The fourth-order valence-electron chi connectivity index (χ4n) is 2.47. The fraction of sp³-hybridized carbons (Fsp3) is 0.444. The van der Waals surface area contributed by atoms with E-state index in [0.29, 0.717) is 18.9 Å². The van der Waals surface area contributed by atoms with Gasteiger partial charge in [-0.2, -0.15) is 0 Å². The molecule has 0 radical (unpaired) electrons. The van der Waals surface area contributed by atoms with Crippen molar-refractivity contribution in [2.24, 2.45) is 0 Å². The van der Waals surface area contributed by atoms with Crippen molar-refractivity contribution in [1.29, 1.82) is 0 Å². The molecule has 23 heavy (non-hydrogen) atoms. The zero-order valence-electron chi connectivity index (χ0n) is 14.3. The van der Waals surface area contributed by atoms with Crippen molar-refractivity contribution in [3.8, 4) is 11.5 Å². The SMILES string of the molecule is CC[C@@H](C(=O)NCCc1coc(-c2ccc(C)cc2)n1)N(C)C. The number of benzene rings is 1. The van der Waals surface area contributed by atoms with Gasteiger partial charge in [0.25, 0.3) is 0 Å². The van der Waals surface area contributed by atoms with Gasteiger partial charge in [-0.15, -0.1) is 0 Å². The van der Waals surface area contributed by atoms with Crippen LogP contribution in [0.1, 0.15) is 24.6 Å². The second kappa shape index (κ2) is 7.92. The Labute approximate surface area is 137 Å². The first-order valence-corrected chi connectivity index (χ1v) is 7.96. The summed E-state index contributed by atoms with van der Waals surface area (Å²) in [5, 5.41) is 2.96. The zero-order chi connectivity index (χ0) is 16.8. The molecule has 0 spiro atoms. The summed E-state index contributed by atoms with van der Waals surface area (Å²) >= 11 is 0. The van der Waals surface area contributed by atoms with E-state index in [4.69, 9.17) is 4.42 Å². The maximum atomic E-state index is 12.1. The van der Waals surface area contributed by atoms with Crippen LogP contribution in [-0.2, 0) is 11.2 Å². The number of likely N-dealkylation sites (N-methyl/N-ethyl adjacent to an activating group) is 1. The summed E-state index contributed by atoms with van der Waals surface area (Å²) in [6.07, 6.45) is 3.11. The quantitative estimate of drug-likeness (QED) is 0.853. The Balaban J connectivity index is 1.88. The average Bonchev–Trinajstić information content (AvgIpc) is 2.97. The van der Waals surface area contributed by atoms with Crippen LogP contribution in [0, 0.1) is 6.92 Å². The van der Waals surface area contributed by atoms with Crippen LogP contribution in [0.5, 0.6) is 0 Å². The Kier molecular flexibility index (Phi) is 5.93. The number of amides is 1. The van der Waals surface area contributed by atoms with Gasteiger partial charge in [-0.25, -0.2) is 4.98 Å². The minimum absolute atomic E-state index is 0.0553. The molecule has 5 nitrogen and oxygen atoms in total. The molecule has 124 valence electrons. The minimum Gasteiger partial charge on any atom is -0.444 e. The molecule has 1 heterocycles. The number of nitrogens with zero attached hydrogens (tertiary/aromatic N) is 2. The monoisotopic (exact) mass is 315 g/mol. The standard InChI is InChI=1S/C18H25N3O2/c1-5-16(21(3)4)17(22)19-11-10-15-12-23-18(20-15)14-8-6-13(2)7-9-14/h6-9,12,16H,5,10-11H2,1-4H3,(H,19,22)/t16-/m0/s1. The third-order valence-corrected chi connectivity index (χ3v) is 3.84. The molecule has 1 aromatic heterocycles. The smallest absolute Gasteiger partial charge is 0.237 e. The predicted molar refractivity (Wildman–Crippen MR) is 91.2 cm³/mol. The number of oxazole rings is 1. The van der Waals surface area contributed by atoms with Gasteiger partial charge in [-0.3, -0.25) is 9.69 Å². The van der Waals surface area contributed by atoms with Gasteiger partial charge in [-0.05, 0) is 39.6 Å². The number of nitrogens with one attached hydrogen (secondary N) is 1. The van der Waals surface area contributed by atoms with Crippen LogP contribution < -0.4 is 5.32 Å². The molecule has 0 saturated heterocycles.